The number of nitrogens with one attached hydrogen (secondary N) is 1. The first kappa shape index (κ1) is 16.3. The van der Waals surface area contributed by atoms with Gasteiger partial charge in [-0.25, -0.2) is 4.79 Å². The Morgan fingerprint density at radius 1 is 1.27 bits per heavy atom. The average Bonchev–Trinajstić information content (AvgIpc) is 3.01. The molecule has 1 aromatic carbocycles. The summed E-state index contributed by atoms with van der Waals surface area (Å²) < 4.78 is 5.05. The van der Waals surface area contributed by atoms with E-state index >= 15 is 0 Å². The van der Waals surface area contributed by atoms with Crippen molar-refractivity contribution in [3.8, 4) is 0 Å². The highest BCUT2D eigenvalue weighted by molar-refractivity contribution is 7.10. The number of carbonyl (C=O) groups excluding carboxylic acids is 2. The molecule has 1 heterocycles. The van der Waals surface area contributed by atoms with Crippen molar-refractivity contribution in [2.75, 3.05) is 5.32 Å². The first-order valence-corrected chi connectivity index (χ1v) is 7.79. The predicted octanol–water partition coefficient (Wildman–Crippen LogP) is 3.99. The molecule has 1 amide bonds. The van der Waals surface area contributed by atoms with Crippen LogP contribution in [0, 0.1) is 0 Å². The van der Waals surface area contributed by atoms with Crippen molar-refractivity contribution in [3.63, 3.8) is 0 Å². The molecule has 1 aromatic heterocycles. The van der Waals surface area contributed by atoms with Crippen LogP contribution in [0.5, 0.6) is 0 Å². The van der Waals surface area contributed by atoms with Crippen molar-refractivity contribution >= 4 is 46.6 Å². The van der Waals surface area contributed by atoms with Crippen LogP contribution in [0.1, 0.15) is 11.8 Å². The standard InChI is InChI=1S/C16H14ClNO3S/c1-11(16(20)18-13-6-4-12(17)5-7-13)21-15(19)9-8-14-3-2-10-22-14/h2-11H,1H3,(H,18,20)/b9-8+/t11-/m0/s1. The molecule has 0 aliphatic carbocycles. The Labute approximate surface area is 137 Å². The third kappa shape index (κ3) is 5.02. The lowest BCUT2D eigenvalue weighted by atomic mass is 10.3. The van der Waals surface area contributed by atoms with Crippen molar-refractivity contribution in [2.45, 2.75) is 13.0 Å². The van der Waals surface area contributed by atoms with E-state index in [0.29, 0.717) is 10.7 Å². The third-order valence-corrected chi connectivity index (χ3v) is 3.79. The number of esters is 1. The molecule has 0 unspecified atom stereocenters. The van der Waals surface area contributed by atoms with E-state index in [1.807, 2.05) is 17.5 Å². The van der Waals surface area contributed by atoms with E-state index in [0.717, 1.165) is 4.88 Å². The van der Waals surface area contributed by atoms with Crippen LogP contribution in [0.4, 0.5) is 5.69 Å². The molecule has 4 nitrogen and oxygen atoms in total. The first-order valence-electron chi connectivity index (χ1n) is 6.53. The maximum atomic E-state index is 11.9. The number of hydrogen-bond donors (Lipinski definition) is 1. The van der Waals surface area contributed by atoms with Gasteiger partial charge in [-0.3, -0.25) is 4.79 Å². The second-order valence-corrected chi connectivity index (χ2v) is 5.84. The van der Waals surface area contributed by atoms with E-state index in [1.165, 1.54) is 24.3 Å². The summed E-state index contributed by atoms with van der Waals surface area (Å²) in [4.78, 5) is 24.5. The monoisotopic (exact) mass is 335 g/mol. The molecule has 0 aliphatic rings. The van der Waals surface area contributed by atoms with Gasteiger partial charge in [0.1, 0.15) is 0 Å². The zero-order valence-corrected chi connectivity index (χ0v) is 13.4. The van der Waals surface area contributed by atoms with Crippen LogP contribution in [0.25, 0.3) is 6.08 Å². The Hall–Kier alpha value is -2.11. The fourth-order valence-electron chi connectivity index (χ4n) is 1.58. The number of rotatable bonds is 5. The highest BCUT2D eigenvalue weighted by Crippen LogP contribution is 2.14. The van der Waals surface area contributed by atoms with E-state index in [4.69, 9.17) is 16.3 Å². The summed E-state index contributed by atoms with van der Waals surface area (Å²) in [5, 5.41) is 5.14. The lowest BCUT2D eigenvalue weighted by Crippen LogP contribution is -2.29. The summed E-state index contributed by atoms with van der Waals surface area (Å²) in [6.45, 7) is 1.52. The van der Waals surface area contributed by atoms with Crippen LogP contribution in [0.15, 0.2) is 47.9 Å². The van der Waals surface area contributed by atoms with Crippen LogP contribution in [-0.4, -0.2) is 18.0 Å². The van der Waals surface area contributed by atoms with Gasteiger partial charge in [0.05, 0.1) is 0 Å². The SMILES string of the molecule is C[C@H](OC(=O)/C=C/c1cccs1)C(=O)Nc1ccc(Cl)cc1. The minimum absolute atomic E-state index is 0.403. The maximum absolute atomic E-state index is 11.9. The van der Waals surface area contributed by atoms with Crippen molar-refractivity contribution < 1.29 is 14.3 Å². The van der Waals surface area contributed by atoms with Gasteiger partial charge in [-0.2, -0.15) is 0 Å². The number of ether oxygens (including phenoxy) is 1. The van der Waals surface area contributed by atoms with Gasteiger partial charge in [0.15, 0.2) is 6.10 Å². The van der Waals surface area contributed by atoms with E-state index in [9.17, 15) is 9.59 Å². The molecule has 0 bridgehead atoms. The van der Waals surface area contributed by atoms with Crippen LogP contribution in [0.2, 0.25) is 5.02 Å². The van der Waals surface area contributed by atoms with Gasteiger partial charge in [0, 0.05) is 21.7 Å². The second kappa shape index (κ2) is 7.77. The Morgan fingerprint density at radius 2 is 2.00 bits per heavy atom. The molecule has 1 N–H and O–H groups in total. The number of amides is 1. The zero-order chi connectivity index (χ0) is 15.9. The van der Waals surface area contributed by atoms with E-state index < -0.39 is 18.0 Å². The molecule has 0 spiro atoms. The minimum atomic E-state index is -0.892. The van der Waals surface area contributed by atoms with E-state index in [2.05, 4.69) is 5.32 Å². The maximum Gasteiger partial charge on any atom is 0.331 e. The summed E-state index contributed by atoms with van der Waals surface area (Å²) in [6, 6.07) is 10.4. The average molecular weight is 336 g/mol. The van der Waals surface area contributed by atoms with Crippen molar-refractivity contribution in [3.05, 3.63) is 57.8 Å². The molecule has 2 aromatic rings. The Morgan fingerprint density at radius 3 is 2.64 bits per heavy atom. The minimum Gasteiger partial charge on any atom is -0.449 e. The third-order valence-electron chi connectivity index (χ3n) is 2.70. The summed E-state index contributed by atoms with van der Waals surface area (Å²) in [5.74, 6) is -0.965. The van der Waals surface area contributed by atoms with Gasteiger partial charge in [0.2, 0.25) is 0 Å². The van der Waals surface area contributed by atoms with Crippen LogP contribution < -0.4 is 5.32 Å². The molecule has 2 rings (SSSR count). The molecular weight excluding hydrogens is 322 g/mol. The molecule has 0 saturated heterocycles. The van der Waals surface area contributed by atoms with Gasteiger partial charge >= 0.3 is 5.97 Å². The number of hydrogen-bond acceptors (Lipinski definition) is 4. The molecule has 0 aliphatic heterocycles. The summed E-state index contributed by atoms with van der Waals surface area (Å²) >= 11 is 7.28. The summed E-state index contributed by atoms with van der Waals surface area (Å²) in [7, 11) is 0. The highest BCUT2D eigenvalue weighted by Gasteiger charge is 2.16. The topological polar surface area (TPSA) is 55.4 Å². The quantitative estimate of drug-likeness (QED) is 0.664. The van der Waals surface area contributed by atoms with Gasteiger partial charge < -0.3 is 10.1 Å². The second-order valence-electron chi connectivity index (χ2n) is 4.42. The lowest BCUT2D eigenvalue weighted by molar-refractivity contribution is -0.148. The summed E-state index contributed by atoms with van der Waals surface area (Å²) in [5.41, 5.74) is 0.589. The first-order chi connectivity index (χ1) is 10.5. The van der Waals surface area contributed by atoms with Crippen LogP contribution in [-0.2, 0) is 14.3 Å². The number of thiophene rings is 1. The fourth-order valence-corrected chi connectivity index (χ4v) is 2.32. The molecule has 1 atom stereocenters. The molecule has 114 valence electrons. The molecular formula is C16H14ClNO3S. The highest BCUT2D eigenvalue weighted by atomic mass is 35.5. The molecule has 0 saturated carbocycles. The number of benzene rings is 1. The van der Waals surface area contributed by atoms with Gasteiger partial charge in [-0.1, -0.05) is 17.7 Å². The van der Waals surface area contributed by atoms with Gasteiger partial charge in [-0.15, -0.1) is 11.3 Å². The van der Waals surface area contributed by atoms with E-state index in [-0.39, 0.29) is 0 Å². The Kier molecular flexibility index (Phi) is 5.75. The van der Waals surface area contributed by atoms with Gasteiger partial charge in [-0.05, 0) is 48.7 Å². The molecule has 0 radical (unpaired) electrons. The predicted molar refractivity (Wildman–Crippen MR) is 89.0 cm³/mol. The largest absolute Gasteiger partial charge is 0.449 e. The van der Waals surface area contributed by atoms with Crippen molar-refractivity contribution in [1.82, 2.24) is 0 Å². The molecule has 0 fully saturated rings. The Balaban J connectivity index is 1.85. The van der Waals surface area contributed by atoms with E-state index in [1.54, 1.807) is 30.3 Å². The fraction of sp³-hybridized carbons (Fsp3) is 0.125. The number of halogens is 1. The van der Waals surface area contributed by atoms with Gasteiger partial charge in [0.25, 0.3) is 5.91 Å². The zero-order valence-electron chi connectivity index (χ0n) is 11.8. The van der Waals surface area contributed by atoms with Crippen LogP contribution in [0.3, 0.4) is 0 Å². The van der Waals surface area contributed by atoms with Crippen molar-refractivity contribution in [2.24, 2.45) is 0 Å². The number of carbonyl (C=O) groups is 2. The number of anilines is 1. The summed E-state index contributed by atoms with van der Waals surface area (Å²) in [6.07, 6.45) is 2.06. The Bertz CT molecular complexity index is 665. The molecule has 22 heavy (non-hydrogen) atoms. The van der Waals surface area contributed by atoms with Crippen molar-refractivity contribution in [1.29, 1.82) is 0 Å². The smallest absolute Gasteiger partial charge is 0.331 e. The normalized spacial score (nSPS) is 12.1. The van der Waals surface area contributed by atoms with Crippen LogP contribution >= 0.6 is 22.9 Å². The lowest BCUT2D eigenvalue weighted by Gasteiger charge is -2.12. The molecule has 6 heteroatoms.